The van der Waals surface area contributed by atoms with Crippen molar-refractivity contribution < 1.29 is 0 Å². The minimum absolute atomic E-state index is 0.0542. The van der Waals surface area contributed by atoms with Crippen LogP contribution in [0.2, 0.25) is 0 Å². The van der Waals surface area contributed by atoms with Gasteiger partial charge >= 0.3 is 0 Å². The number of aromatic amines is 1. The van der Waals surface area contributed by atoms with Crippen LogP contribution >= 0.6 is 11.3 Å². The molecular formula is C17H17N3OS. The zero-order chi connectivity index (χ0) is 15.1. The molecule has 0 spiro atoms. The number of para-hydroxylation sites is 1. The van der Waals surface area contributed by atoms with Gasteiger partial charge in [-0.2, -0.15) is 0 Å². The monoisotopic (exact) mass is 311 g/mol. The number of H-pyrrole nitrogens is 1. The van der Waals surface area contributed by atoms with Gasteiger partial charge < -0.3 is 4.98 Å². The third-order valence-corrected chi connectivity index (χ3v) is 5.42. The number of nitrogens with zero attached hydrogens (tertiary/aromatic N) is 2. The van der Waals surface area contributed by atoms with Gasteiger partial charge in [0.1, 0.15) is 5.82 Å². The molecule has 1 aliphatic rings. The Morgan fingerprint density at radius 2 is 2.23 bits per heavy atom. The molecule has 5 heteroatoms. The van der Waals surface area contributed by atoms with Crippen molar-refractivity contribution in [2.45, 2.75) is 25.9 Å². The van der Waals surface area contributed by atoms with Crippen molar-refractivity contribution in [3.63, 3.8) is 0 Å². The summed E-state index contributed by atoms with van der Waals surface area (Å²) in [6.07, 6.45) is 1.08. The zero-order valence-electron chi connectivity index (χ0n) is 12.4. The van der Waals surface area contributed by atoms with Crippen molar-refractivity contribution in [3.8, 4) is 0 Å². The molecule has 112 valence electrons. The first-order chi connectivity index (χ1) is 10.7. The van der Waals surface area contributed by atoms with Crippen LogP contribution in [0.25, 0.3) is 10.9 Å². The minimum Gasteiger partial charge on any atom is -0.309 e. The summed E-state index contributed by atoms with van der Waals surface area (Å²) in [6, 6.07) is 10.1. The number of rotatable bonds is 2. The van der Waals surface area contributed by atoms with E-state index in [1.807, 2.05) is 35.6 Å². The van der Waals surface area contributed by atoms with E-state index in [2.05, 4.69) is 33.2 Å². The number of fused-ring (bicyclic) bond motifs is 2. The summed E-state index contributed by atoms with van der Waals surface area (Å²) in [5.41, 5.74) is 2.13. The van der Waals surface area contributed by atoms with Crippen LogP contribution in [0.1, 0.15) is 29.2 Å². The van der Waals surface area contributed by atoms with Gasteiger partial charge in [0, 0.05) is 17.5 Å². The number of aromatic nitrogens is 2. The SMILES string of the molecule is C[C@@H]1c2ccsc2CCN1Cc1nc2ccccc2c(=O)[nH]1. The van der Waals surface area contributed by atoms with Crippen molar-refractivity contribution >= 4 is 22.2 Å². The van der Waals surface area contributed by atoms with Crippen LogP contribution in [0.4, 0.5) is 0 Å². The van der Waals surface area contributed by atoms with Crippen molar-refractivity contribution in [1.29, 1.82) is 0 Å². The molecule has 0 aliphatic carbocycles. The number of thiophene rings is 1. The fourth-order valence-electron chi connectivity index (χ4n) is 3.18. The molecule has 1 N–H and O–H groups in total. The molecule has 3 heterocycles. The summed E-state index contributed by atoms with van der Waals surface area (Å²) in [6.45, 7) is 3.91. The van der Waals surface area contributed by atoms with Gasteiger partial charge in [0.25, 0.3) is 5.56 Å². The van der Waals surface area contributed by atoms with E-state index < -0.39 is 0 Å². The Kier molecular flexibility index (Phi) is 3.32. The molecule has 2 aromatic heterocycles. The Hall–Kier alpha value is -1.98. The lowest BCUT2D eigenvalue weighted by Gasteiger charge is -2.33. The molecule has 22 heavy (non-hydrogen) atoms. The molecule has 0 saturated heterocycles. The second-order valence-corrected chi connectivity index (χ2v) is 6.73. The van der Waals surface area contributed by atoms with E-state index in [4.69, 9.17) is 0 Å². The average molecular weight is 311 g/mol. The Morgan fingerprint density at radius 1 is 1.36 bits per heavy atom. The van der Waals surface area contributed by atoms with Crippen LogP contribution in [-0.2, 0) is 13.0 Å². The van der Waals surface area contributed by atoms with Crippen LogP contribution in [-0.4, -0.2) is 21.4 Å². The second kappa shape index (κ2) is 5.34. The van der Waals surface area contributed by atoms with Crippen molar-refractivity contribution in [2.24, 2.45) is 0 Å². The highest BCUT2D eigenvalue weighted by Crippen LogP contribution is 2.33. The lowest BCUT2D eigenvalue weighted by atomic mass is 10.0. The fourth-order valence-corrected chi connectivity index (χ4v) is 4.14. The number of nitrogens with one attached hydrogen (secondary N) is 1. The van der Waals surface area contributed by atoms with E-state index in [0.29, 0.717) is 18.0 Å². The summed E-state index contributed by atoms with van der Waals surface area (Å²) in [5.74, 6) is 0.745. The van der Waals surface area contributed by atoms with Gasteiger partial charge in [-0.05, 0) is 42.5 Å². The van der Waals surface area contributed by atoms with E-state index in [0.717, 1.165) is 24.3 Å². The third kappa shape index (κ3) is 2.26. The van der Waals surface area contributed by atoms with Gasteiger partial charge in [-0.3, -0.25) is 9.69 Å². The largest absolute Gasteiger partial charge is 0.309 e. The molecule has 0 fully saturated rings. The topological polar surface area (TPSA) is 49.0 Å². The van der Waals surface area contributed by atoms with Crippen LogP contribution in [0.5, 0.6) is 0 Å². The lowest BCUT2D eigenvalue weighted by Crippen LogP contribution is -2.33. The van der Waals surface area contributed by atoms with Gasteiger partial charge in [-0.15, -0.1) is 11.3 Å². The zero-order valence-corrected chi connectivity index (χ0v) is 13.2. The van der Waals surface area contributed by atoms with E-state index in [-0.39, 0.29) is 5.56 Å². The van der Waals surface area contributed by atoms with Crippen LogP contribution in [0.3, 0.4) is 0 Å². The molecule has 4 rings (SSSR count). The van der Waals surface area contributed by atoms with E-state index in [9.17, 15) is 4.79 Å². The van der Waals surface area contributed by atoms with Gasteiger partial charge in [0.15, 0.2) is 0 Å². The summed E-state index contributed by atoms with van der Waals surface area (Å²) in [5, 5.41) is 2.82. The molecule has 0 radical (unpaired) electrons. The maximum atomic E-state index is 12.2. The molecule has 1 aliphatic heterocycles. The van der Waals surface area contributed by atoms with Crippen LogP contribution < -0.4 is 5.56 Å². The predicted octanol–water partition coefficient (Wildman–Crippen LogP) is 3.10. The first kappa shape index (κ1) is 13.7. The molecule has 0 bridgehead atoms. The van der Waals surface area contributed by atoms with Gasteiger partial charge in [-0.1, -0.05) is 12.1 Å². The molecule has 1 atom stereocenters. The summed E-state index contributed by atoms with van der Waals surface area (Å²) in [7, 11) is 0. The number of benzene rings is 1. The molecule has 3 aromatic rings. The van der Waals surface area contributed by atoms with Crippen LogP contribution in [0, 0.1) is 0 Å². The summed E-state index contributed by atoms with van der Waals surface area (Å²) >= 11 is 1.84. The molecule has 0 saturated carbocycles. The van der Waals surface area contributed by atoms with Crippen molar-refractivity contribution in [3.05, 3.63) is 62.3 Å². The summed E-state index contributed by atoms with van der Waals surface area (Å²) in [4.78, 5) is 23.6. The number of hydrogen-bond donors (Lipinski definition) is 1. The van der Waals surface area contributed by atoms with Gasteiger partial charge in [0.05, 0.1) is 17.4 Å². The van der Waals surface area contributed by atoms with Crippen molar-refractivity contribution in [2.75, 3.05) is 6.54 Å². The molecule has 0 unspecified atom stereocenters. The smallest absolute Gasteiger partial charge is 0.258 e. The first-order valence-electron chi connectivity index (χ1n) is 7.50. The predicted molar refractivity (Wildman–Crippen MR) is 89.2 cm³/mol. The Balaban J connectivity index is 1.66. The van der Waals surface area contributed by atoms with Gasteiger partial charge in [0.2, 0.25) is 0 Å². The summed E-state index contributed by atoms with van der Waals surface area (Å²) < 4.78 is 0. The Morgan fingerprint density at radius 3 is 3.14 bits per heavy atom. The molecule has 4 nitrogen and oxygen atoms in total. The van der Waals surface area contributed by atoms with Crippen molar-refractivity contribution in [1.82, 2.24) is 14.9 Å². The van der Waals surface area contributed by atoms with Crippen LogP contribution in [0.15, 0.2) is 40.5 Å². The second-order valence-electron chi connectivity index (χ2n) is 5.73. The molecule has 1 aromatic carbocycles. The highest BCUT2D eigenvalue weighted by atomic mass is 32.1. The standard InChI is InChI=1S/C17H17N3OS/c1-11-12-7-9-22-15(12)6-8-20(11)10-16-18-14-5-3-2-4-13(14)17(21)19-16/h2-5,7,9,11H,6,8,10H2,1H3,(H,18,19,21)/t11-/m1/s1. The molecular weight excluding hydrogens is 294 g/mol. The first-order valence-corrected chi connectivity index (χ1v) is 8.38. The fraction of sp³-hybridized carbons (Fsp3) is 0.294. The average Bonchev–Trinajstić information content (AvgIpc) is 3.00. The minimum atomic E-state index is -0.0542. The highest BCUT2D eigenvalue weighted by Gasteiger charge is 2.25. The maximum Gasteiger partial charge on any atom is 0.258 e. The lowest BCUT2D eigenvalue weighted by molar-refractivity contribution is 0.186. The highest BCUT2D eigenvalue weighted by molar-refractivity contribution is 7.10. The van der Waals surface area contributed by atoms with E-state index in [1.165, 1.54) is 10.4 Å². The Labute approximate surface area is 132 Å². The normalized spacial score (nSPS) is 18.5. The third-order valence-electron chi connectivity index (χ3n) is 4.42. The quantitative estimate of drug-likeness (QED) is 0.791. The van der Waals surface area contributed by atoms with Gasteiger partial charge in [-0.25, -0.2) is 4.98 Å². The molecule has 0 amide bonds. The Bertz CT molecular complexity index is 883. The number of hydrogen-bond acceptors (Lipinski definition) is 4. The van der Waals surface area contributed by atoms with E-state index >= 15 is 0 Å². The van der Waals surface area contributed by atoms with E-state index in [1.54, 1.807) is 0 Å². The maximum absolute atomic E-state index is 12.2.